The third-order valence-corrected chi connectivity index (χ3v) is 4.67. The molecule has 3 heteroatoms. The molecule has 0 aromatic heterocycles. The van der Waals surface area contributed by atoms with Gasteiger partial charge in [0.1, 0.15) is 12.4 Å². The minimum Gasteiger partial charge on any atom is -0.490 e. The van der Waals surface area contributed by atoms with Gasteiger partial charge in [-0.15, -0.1) is 0 Å². The van der Waals surface area contributed by atoms with Crippen LogP contribution in [0.2, 0.25) is 5.02 Å². The summed E-state index contributed by atoms with van der Waals surface area (Å²) in [5, 5.41) is 12.9. The van der Waals surface area contributed by atoms with Crippen LogP contribution in [0.4, 0.5) is 0 Å². The highest BCUT2D eigenvalue weighted by atomic mass is 35.5. The standard InChI is InChI=1S/C18H21ClO2/c19-17-9-10-18(16-8-4-3-7-15(16)17)21-12-14(20)11-13-5-1-2-6-13/h3-4,7-10,13-14,20H,1-2,5-6,11-12H2. The van der Waals surface area contributed by atoms with Crippen LogP contribution in [0.1, 0.15) is 32.1 Å². The Labute approximate surface area is 130 Å². The SMILES string of the molecule is OC(COc1ccc(Cl)c2ccccc12)CC1CCCC1. The van der Waals surface area contributed by atoms with Gasteiger partial charge >= 0.3 is 0 Å². The number of hydrogen-bond acceptors (Lipinski definition) is 2. The van der Waals surface area contributed by atoms with Crippen LogP contribution in [0.3, 0.4) is 0 Å². The van der Waals surface area contributed by atoms with E-state index in [2.05, 4.69) is 0 Å². The summed E-state index contributed by atoms with van der Waals surface area (Å²) in [5.41, 5.74) is 0. The maximum Gasteiger partial charge on any atom is 0.127 e. The first-order valence-corrected chi connectivity index (χ1v) is 8.10. The van der Waals surface area contributed by atoms with E-state index in [1.165, 1.54) is 25.7 Å². The molecule has 1 aliphatic carbocycles. The van der Waals surface area contributed by atoms with Crippen LogP contribution in [0.15, 0.2) is 36.4 Å². The third-order valence-electron chi connectivity index (χ3n) is 4.34. The van der Waals surface area contributed by atoms with E-state index in [-0.39, 0.29) is 6.10 Å². The van der Waals surface area contributed by atoms with Crippen molar-refractivity contribution in [2.24, 2.45) is 5.92 Å². The Bertz CT molecular complexity index is 605. The van der Waals surface area contributed by atoms with Crippen molar-refractivity contribution >= 4 is 22.4 Å². The normalized spacial score (nSPS) is 17.2. The number of fused-ring (bicyclic) bond motifs is 1. The minimum atomic E-state index is -0.387. The molecule has 0 spiro atoms. The molecule has 1 fully saturated rings. The minimum absolute atomic E-state index is 0.349. The number of aliphatic hydroxyl groups is 1. The van der Waals surface area contributed by atoms with E-state index >= 15 is 0 Å². The van der Waals surface area contributed by atoms with Gasteiger partial charge in [0.2, 0.25) is 0 Å². The molecular weight excluding hydrogens is 284 g/mol. The van der Waals surface area contributed by atoms with Gasteiger partial charge in [-0.1, -0.05) is 61.5 Å². The Morgan fingerprint density at radius 3 is 2.57 bits per heavy atom. The molecule has 2 aromatic carbocycles. The molecule has 0 amide bonds. The number of ether oxygens (including phenoxy) is 1. The maximum absolute atomic E-state index is 10.1. The Balaban J connectivity index is 1.66. The predicted octanol–water partition coefficient (Wildman–Crippen LogP) is 4.81. The second-order valence-electron chi connectivity index (χ2n) is 5.94. The topological polar surface area (TPSA) is 29.5 Å². The van der Waals surface area contributed by atoms with Crippen LogP contribution in [-0.4, -0.2) is 17.8 Å². The fourth-order valence-electron chi connectivity index (χ4n) is 3.25. The summed E-state index contributed by atoms with van der Waals surface area (Å²) in [4.78, 5) is 0. The number of halogens is 1. The highest BCUT2D eigenvalue weighted by molar-refractivity contribution is 6.35. The molecule has 3 rings (SSSR count). The van der Waals surface area contributed by atoms with Crippen molar-refractivity contribution in [2.75, 3.05) is 6.61 Å². The first kappa shape index (κ1) is 14.7. The molecule has 0 saturated heterocycles. The van der Waals surface area contributed by atoms with Crippen LogP contribution < -0.4 is 4.74 Å². The van der Waals surface area contributed by atoms with E-state index in [0.717, 1.165) is 28.0 Å². The molecule has 1 atom stereocenters. The Morgan fingerprint density at radius 1 is 1.10 bits per heavy atom. The van der Waals surface area contributed by atoms with Gasteiger partial charge in [0.25, 0.3) is 0 Å². The van der Waals surface area contributed by atoms with Crippen molar-refractivity contribution in [1.29, 1.82) is 0 Å². The van der Waals surface area contributed by atoms with Crippen molar-refractivity contribution in [2.45, 2.75) is 38.2 Å². The molecule has 0 heterocycles. The van der Waals surface area contributed by atoms with Crippen LogP contribution in [0.5, 0.6) is 5.75 Å². The third kappa shape index (κ3) is 3.50. The molecule has 1 aliphatic rings. The molecule has 0 radical (unpaired) electrons. The zero-order chi connectivity index (χ0) is 14.7. The van der Waals surface area contributed by atoms with Crippen LogP contribution in [0, 0.1) is 5.92 Å². The van der Waals surface area contributed by atoms with Crippen molar-refractivity contribution in [1.82, 2.24) is 0 Å². The molecular formula is C18H21ClO2. The second kappa shape index (κ2) is 6.67. The van der Waals surface area contributed by atoms with Gasteiger partial charge in [0, 0.05) is 15.8 Å². The number of hydrogen-bond donors (Lipinski definition) is 1. The fraction of sp³-hybridized carbons (Fsp3) is 0.444. The van der Waals surface area contributed by atoms with E-state index in [1.807, 2.05) is 36.4 Å². The van der Waals surface area contributed by atoms with E-state index in [0.29, 0.717) is 12.5 Å². The molecule has 1 unspecified atom stereocenters. The molecule has 1 saturated carbocycles. The zero-order valence-corrected chi connectivity index (χ0v) is 12.9. The summed E-state index contributed by atoms with van der Waals surface area (Å²) in [6, 6.07) is 11.7. The zero-order valence-electron chi connectivity index (χ0n) is 12.1. The van der Waals surface area contributed by atoms with E-state index in [9.17, 15) is 5.11 Å². The first-order chi connectivity index (χ1) is 10.2. The van der Waals surface area contributed by atoms with Gasteiger partial charge in [-0.25, -0.2) is 0 Å². The van der Waals surface area contributed by atoms with Crippen molar-refractivity contribution in [3.05, 3.63) is 41.4 Å². The molecule has 21 heavy (non-hydrogen) atoms. The smallest absolute Gasteiger partial charge is 0.127 e. The summed E-state index contributed by atoms with van der Waals surface area (Å²) in [7, 11) is 0. The van der Waals surface area contributed by atoms with Gasteiger partial charge in [-0.3, -0.25) is 0 Å². The number of benzene rings is 2. The molecule has 2 aromatic rings. The molecule has 0 aliphatic heterocycles. The second-order valence-corrected chi connectivity index (χ2v) is 6.35. The summed E-state index contributed by atoms with van der Waals surface area (Å²) in [6.07, 6.45) is 5.58. The lowest BCUT2D eigenvalue weighted by Gasteiger charge is -2.17. The van der Waals surface area contributed by atoms with Crippen molar-refractivity contribution in [3.8, 4) is 5.75 Å². The quantitative estimate of drug-likeness (QED) is 0.858. The van der Waals surface area contributed by atoms with Gasteiger partial charge in [0.15, 0.2) is 0 Å². The lowest BCUT2D eigenvalue weighted by Crippen LogP contribution is -2.20. The van der Waals surface area contributed by atoms with Gasteiger partial charge in [-0.05, 0) is 24.5 Å². The van der Waals surface area contributed by atoms with Crippen LogP contribution >= 0.6 is 11.6 Å². The lowest BCUT2D eigenvalue weighted by atomic mass is 10.0. The van der Waals surface area contributed by atoms with E-state index < -0.39 is 0 Å². The van der Waals surface area contributed by atoms with E-state index in [1.54, 1.807) is 0 Å². The Morgan fingerprint density at radius 2 is 1.81 bits per heavy atom. The summed E-state index contributed by atoms with van der Waals surface area (Å²) >= 11 is 6.20. The van der Waals surface area contributed by atoms with E-state index in [4.69, 9.17) is 16.3 Å². The van der Waals surface area contributed by atoms with Crippen molar-refractivity contribution < 1.29 is 9.84 Å². The molecule has 112 valence electrons. The number of aliphatic hydroxyl groups excluding tert-OH is 1. The first-order valence-electron chi connectivity index (χ1n) is 7.72. The molecule has 0 bridgehead atoms. The van der Waals surface area contributed by atoms with Gasteiger partial charge in [0.05, 0.1) is 6.10 Å². The number of rotatable bonds is 5. The molecule has 2 nitrogen and oxygen atoms in total. The average molecular weight is 305 g/mol. The largest absolute Gasteiger partial charge is 0.490 e. The predicted molar refractivity (Wildman–Crippen MR) is 87.0 cm³/mol. The highest BCUT2D eigenvalue weighted by Crippen LogP contribution is 2.32. The van der Waals surface area contributed by atoms with Gasteiger partial charge in [-0.2, -0.15) is 0 Å². The average Bonchev–Trinajstić information content (AvgIpc) is 3.00. The summed E-state index contributed by atoms with van der Waals surface area (Å²) < 4.78 is 5.84. The summed E-state index contributed by atoms with van der Waals surface area (Å²) in [6.45, 7) is 0.349. The fourth-order valence-corrected chi connectivity index (χ4v) is 3.47. The Kier molecular flexibility index (Phi) is 4.67. The van der Waals surface area contributed by atoms with Crippen LogP contribution in [0.25, 0.3) is 10.8 Å². The molecule has 1 N–H and O–H groups in total. The van der Waals surface area contributed by atoms with Crippen molar-refractivity contribution in [3.63, 3.8) is 0 Å². The van der Waals surface area contributed by atoms with Crippen LogP contribution in [-0.2, 0) is 0 Å². The lowest BCUT2D eigenvalue weighted by molar-refractivity contribution is 0.0862. The maximum atomic E-state index is 10.1. The van der Waals surface area contributed by atoms with Gasteiger partial charge < -0.3 is 9.84 Å². The monoisotopic (exact) mass is 304 g/mol. The summed E-state index contributed by atoms with van der Waals surface area (Å²) in [5.74, 6) is 1.46. The highest BCUT2D eigenvalue weighted by Gasteiger charge is 2.19. The Hall–Kier alpha value is -1.25.